The third-order valence-corrected chi connectivity index (χ3v) is 5.38. The Morgan fingerprint density at radius 1 is 1.03 bits per heavy atom. The van der Waals surface area contributed by atoms with Gasteiger partial charge in [-0.2, -0.15) is 0 Å². The predicted octanol–water partition coefficient (Wildman–Crippen LogP) is 3.02. The molecule has 1 aromatic heterocycles. The molecule has 160 valence electrons. The van der Waals surface area contributed by atoms with E-state index in [1.165, 1.54) is 7.11 Å². The van der Waals surface area contributed by atoms with Crippen molar-refractivity contribution in [1.29, 1.82) is 0 Å². The minimum atomic E-state index is -0.842. The largest absolute Gasteiger partial charge is 0.495 e. The molecule has 4 rings (SSSR count). The van der Waals surface area contributed by atoms with Gasteiger partial charge in [-0.1, -0.05) is 12.5 Å². The second-order valence-corrected chi connectivity index (χ2v) is 7.64. The van der Waals surface area contributed by atoms with Gasteiger partial charge >= 0.3 is 11.8 Å². The molecule has 0 aliphatic carbocycles. The summed E-state index contributed by atoms with van der Waals surface area (Å²) in [5, 5.41) is 5.54. The Balaban J connectivity index is 1.56. The van der Waals surface area contributed by atoms with Gasteiger partial charge < -0.3 is 15.4 Å². The number of nitrogens with one attached hydrogen (secondary N) is 2. The molecule has 2 heterocycles. The highest BCUT2D eigenvalue weighted by molar-refractivity contribution is 6.43. The van der Waals surface area contributed by atoms with Crippen LogP contribution < -0.4 is 20.9 Å². The van der Waals surface area contributed by atoms with Gasteiger partial charge in [0.05, 0.1) is 23.7 Å². The molecule has 31 heavy (non-hydrogen) atoms. The summed E-state index contributed by atoms with van der Waals surface area (Å²) >= 11 is 0. The highest BCUT2D eigenvalue weighted by Crippen LogP contribution is 2.25. The van der Waals surface area contributed by atoms with Crippen LogP contribution in [0.5, 0.6) is 5.75 Å². The average molecular weight is 420 g/mol. The summed E-state index contributed by atoms with van der Waals surface area (Å²) in [6, 6.07) is 10.2. The molecule has 0 radical (unpaired) electrons. The van der Waals surface area contributed by atoms with Crippen molar-refractivity contribution >= 4 is 34.1 Å². The lowest BCUT2D eigenvalue weighted by molar-refractivity contribution is -0.133. The standard InChI is InChI=1S/C23H24N4O4/c1-14-7-10-19(31-2)18(12-14)26-22(29)21(28)24-15-8-9-17-16(13-15)23(30)27-11-5-3-4-6-20(27)25-17/h7-10,12-13H,3-6,11H2,1-2H3,(H,24,28)(H,26,29). The number of ether oxygens (including phenoxy) is 1. The Hall–Kier alpha value is -3.68. The van der Waals surface area contributed by atoms with Crippen LogP contribution in [0, 0.1) is 6.92 Å². The number of carbonyl (C=O) groups is 2. The van der Waals surface area contributed by atoms with Crippen LogP contribution in [0.3, 0.4) is 0 Å². The lowest BCUT2D eigenvalue weighted by Crippen LogP contribution is -2.29. The molecular formula is C23H24N4O4. The summed E-state index contributed by atoms with van der Waals surface area (Å²) in [6.45, 7) is 2.52. The second kappa shape index (κ2) is 8.59. The van der Waals surface area contributed by atoms with Crippen molar-refractivity contribution in [3.63, 3.8) is 0 Å². The first kappa shape index (κ1) is 20.6. The number of methoxy groups -OCH3 is 1. The molecule has 1 aliphatic rings. The number of aromatic nitrogens is 2. The summed E-state index contributed by atoms with van der Waals surface area (Å²) in [4.78, 5) is 42.4. The van der Waals surface area contributed by atoms with Crippen LogP contribution in [-0.4, -0.2) is 28.5 Å². The quantitative estimate of drug-likeness (QED) is 0.634. The Morgan fingerprint density at radius 2 is 1.84 bits per heavy atom. The van der Waals surface area contributed by atoms with Gasteiger partial charge in [-0.25, -0.2) is 4.98 Å². The van der Waals surface area contributed by atoms with Crippen LogP contribution in [0.1, 0.15) is 30.7 Å². The number of benzene rings is 2. The number of hydrogen-bond acceptors (Lipinski definition) is 5. The van der Waals surface area contributed by atoms with Crippen LogP contribution in [0.2, 0.25) is 0 Å². The van der Waals surface area contributed by atoms with Crippen LogP contribution in [-0.2, 0) is 22.6 Å². The van der Waals surface area contributed by atoms with E-state index >= 15 is 0 Å². The molecule has 0 saturated heterocycles. The number of hydrogen-bond donors (Lipinski definition) is 2. The van der Waals surface area contributed by atoms with Gasteiger partial charge in [0.2, 0.25) is 0 Å². The first-order chi connectivity index (χ1) is 15.0. The molecule has 0 atom stereocenters. The molecule has 8 heteroatoms. The van der Waals surface area contributed by atoms with Crippen molar-refractivity contribution in [3.05, 3.63) is 58.1 Å². The zero-order chi connectivity index (χ0) is 22.0. The lowest BCUT2D eigenvalue weighted by Gasteiger charge is -2.12. The Labute approximate surface area is 179 Å². The SMILES string of the molecule is COc1ccc(C)cc1NC(=O)C(=O)Nc1ccc2nc3n(c(=O)c2c1)CCCCC3. The van der Waals surface area contributed by atoms with Gasteiger partial charge in [0.1, 0.15) is 11.6 Å². The van der Waals surface area contributed by atoms with Crippen LogP contribution in [0.15, 0.2) is 41.2 Å². The summed E-state index contributed by atoms with van der Waals surface area (Å²) in [5.41, 5.74) is 2.15. The first-order valence-electron chi connectivity index (χ1n) is 10.3. The van der Waals surface area contributed by atoms with E-state index in [1.807, 2.05) is 13.0 Å². The molecule has 0 unspecified atom stereocenters. The monoisotopic (exact) mass is 420 g/mol. The normalized spacial score (nSPS) is 13.2. The number of anilines is 2. The van der Waals surface area contributed by atoms with Gasteiger partial charge in [0.25, 0.3) is 5.56 Å². The lowest BCUT2D eigenvalue weighted by atomic mass is 10.2. The van der Waals surface area contributed by atoms with E-state index in [0.29, 0.717) is 34.6 Å². The maximum atomic E-state index is 13.0. The molecule has 2 amide bonds. The van der Waals surface area contributed by atoms with E-state index < -0.39 is 11.8 Å². The molecule has 1 aliphatic heterocycles. The zero-order valence-corrected chi connectivity index (χ0v) is 17.5. The van der Waals surface area contributed by atoms with Crippen molar-refractivity contribution < 1.29 is 14.3 Å². The molecule has 0 spiro atoms. The fourth-order valence-corrected chi connectivity index (χ4v) is 3.78. The minimum absolute atomic E-state index is 0.119. The Kier molecular flexibility index (Phi) is 5.70. The van der Waals surface area contributed by atoms with E-state index in [2.05, 4.69) is 15.6 Å². The Bertz CT molecular complexity index is 1230. The first-order valence-corrected chi connectivity index (χ1v) is 10.3. The third-order valence-electron chi connectivity index (χ3n) is 5.38. The molecular weight excluding hydrogens is 396 g/mol. The average Bonchev–Trinajstić information content (AvgIpc) is 3.00. The van der Waals surface area contributed by atoms with Crippen molar-refractivity contribution in [2.24, 2.45) is 0 Å². The fraction of sp³-hybridized carbons (Fsp3) is 0.304. The summed E-state index contributed by atoms with van der Waals surface area (Å²) in [5.74, 6) is -0.415. The number of carbonyl (C=O) groups excluding carboxylic acids is 2. The molecule has 3 aromatic rings. The second-order valence-electron chi connectivity index (χ2n) is 7.64. The van der Waals surface area contributed by atoms with E-state index in [0.717, 1.165) is 37.1 Å². The number of fused-ring (bicyclic) bond motifs is 2. The van der Waals surface area contributed by atoms with Gasteiger partial charge in [0, 0.05) is 18.7 Å². The number of amides is 2. The number of rotatable bonds is 3. The summed E-state index contributed by atoms with van der Waals surface area (Å²) in [7, 11) is 1.49. The molecule has 0 bridgehead atoms. The molecule has 8 nitrogen and oxygen atoms in total. The highest BCUT2D eigenvalue weighted by atomic mass is 16.5. The van der Waals surface area contributed by atoms with Crippen LogP contribution >= 0.6 is 0 Å². The maximum Gasteiger partial charge on any atom is 0.314 e. The summed E-state index contributed by atoms with van der Waals surface area (Å²) in [6.07, 6.45) is 3.82. The highest BCUT2D eigenvalue weighted by Gasteiger charge is 2.18. The van der Waals surface area contributed by atoms with Crippen molar-refractivity contribution in [2.75, 3.05) is 17.7 Å². The summed E-state index contributed by atoms with van der Waals surface area (Å²) < 4.78 is 6.94. The van der Waals surface area contributed by atoms with Gasteiger partial charge in [-0.05, 0) is 55.7 Å². The van der Waals surface area contributed by atoms with Gasteiger partial charge in [-0.3, -0.25) is 19.0 Å². The van der Waals surface area contributed by atoms with Crippen molar-refractivity contribution in [1.82, 2.24) is 9.55 Å². The molecule has 0 fully saturated rings. The van der Waals surface area contributed by atoms with E-state index in [-0.39, 0.29) is 5.56 Å². The smallest absolute Gasteiger partial charge is 0.314 e. The topological polar surface area (TPSA) is 102 Å². The molecule has 2 aromatic carbocycles. The van der Waals surface area contributed by atoms with E-state index in [9.17, 15) is 14.4 Å². The Morgan fingerprint density at radius 3 is 2.65 bits per heavy atom. The maximum absolute atomic E-state index is 13.0. The van der Waals surface area contributed by atoms with Crippen LogP contribution in [0.4, 0.5) is 11.4 Å². The van der Waals surface area contributed by atoms with Gasteiger partial charge in [0.15, 0.2) is 0 Å². The van der Waals surface area contributed by atoms with Crippen molar-refractivity contribution in [3.8, 4) is 5.75 Å². The molecule has 0 saturated carbocycles. The zero-order valence-electron chi connectivity index (χ0n) is 17.5. The van der Waals surface area contributed by atoms with Gasteiger partial charge in [-0.15, -0.1) is 0 Å². The number of nitrogens with zero attached hydrogens (tertiary/aromatic N) is 2. The number of aryl methyl sites for hydroxylation is 2. The molecule has 2 N–H and O–H groups in total. The minimum Gasteiger partial charge on any atom is -0.495 e. The predicted molar refractivity (Wildman–Crippen MR) is 119 cm³/mol. The van der Waals surface area contributed by atoms with Crippen LogP contribution in [0.25, 0.3) is 10.9 Å². The fourth-order valence-electron chi connectivity index (χ4n) is 3.78. The van der Waals surface area contributed by atoms with Crippen molar-refractivity contribution in [2.45, 2.75) is 39.2 Å². The van der Waals surface area contributed by atoms with E-state index in [4.69, 9.17) is 4.74 Å². The third kappa shape index (κ3) is 4.28. The van der Waals surface area contributed by atoms with E-state index in [1.54, 1.807) is 34.9 Å².